The number of esters is 3. The van der Waals surface area contributed by atoms with Crippen molar-refractivity contribution in [1.82, 2.24) is 10.2 Å². The third-order valence-electron chi connectivity index (χ3n) is 13.2. The minimum absolute atomic E-state index is 0.0480. The van der Waals surface area contributed by atoms with Crippen LogP contribution in [0.15, 0.2) is 140 Å². The summed E-state index contributed by atoms with van der Waals surface area (Å²) in [6.07, 6.45) is 6.62. The van der Waals surface area contributed by atoms with Crippen molar-refractivity contribution in [1.29, 1.82) is 0 Å². The fourth-order valence-corrected chi connectivity index (χ4v) is 8.64. The Morgan fingerprint density at radius 2 is 1.00 bits per heavy atom. The lowest BCUT2D eigenvalue weighted by molar-refractivity contribution is -0.153. The van der Waals surface area contributed by atoms with Gasteiger partial charge in [-0.1, -0.05) is 108 Å². The van der Waals surface area contributed by atoms with Crippen LogP contribution in [-0.4, -0.2) is 84.6 Å². The van der Waals surface area contributed by atoms with Crippen molar-refractivity contribution < 1.29 is 75.5 Å². The van der Waals surface area contributed by atoms with Crippen LogP contribution in [0.4, 0.5) is 13.2 Å². The number of halogens is 3. The Kier molecular flexibility index (Phi) is 27.8. The number of nitrogens with one attached hydrogen (secondary N) is 1. The summed E-state index contributed by atoms with van der Waals surface area (Å²) in [4.78, 5) is 75.8. The van der Waals surface area contributed by atoms with Crippen LogP contribution in [0.3, 0.4) is 0 Å². The predicted octanol–water partition coefficient (Wildman–Crippen LogP) is 14.5. The molecule has 0 unspecified atom stereocenters. The van der Waals surface area contributed by atoms with E-state index in [4.69, 9.17) is 28.4 Å². The fourth-order valence-electron chi connectivity index (χ4n) is 8.64. The molecule has 460 valence electrons. The first-order chi connectivity index (χ1) is 41.1. The van der Waals surface area contributed by atoms with E-state index in [1.807, 2.05) is 32.9 Å². The number of rotatable bonds is 32. The van der Waals surface area contributed by atoms with E-state index < -0.39 is 53.5 Å². The number of aliphatic carboxylic acids is 1. The van der Waals surface area contributed by atoms with E-state index in [-0.39, 0.29) is 60.1 Å². The Morgan fingerprint density at radius 1 is 0.547 bits per heavy atom. The van der Waals surface area contributed by atoms with Gasteiger partial charge in [-0.15, -0.1) is 0 Å². The van der Waals surface area contributed by atoms with Gasteiger partial charge in [0, 0.05) is 30.6 Å². The number of alkyl halides is 3. The maximum Gasteiger partial charge on any atom is 0.416 e. The van der Waals surface area contributed by atoms with E-state index in [1.54, 1.807) is 72.8 Å². The molecule has 0 saturated carbocycles. The van der Waals surface area contributed by atoms with Crippen LogP contribution in [-0.2, 0) is 40.0 Å². The van der Waals surface area contributed by atoms with Gasteiger partial charge >= 0.3 is 30.1 Å². The van der Waals surface area contributed by atoms with E-state index in [2.05, 4.69) is 19.2 Å². The molecule has 15 nitrogen and oxygen atoms in total. The van der Waals surface area contributed by atoms with Crippen LogP contribution in [0.2, 0.25) is 0 Å². The summed E-state index contributed by atoms with van der Waals surface area (Å²) in [6.45, 7) is 11.1. The van der Waals surface area contributed by atoms with Crippen LogP contribution >= 0.6 is 0 Å². The zero-order valence-corrected chi connectivity index (χ0v) is 49.9. The summed E-state index contributed by atoms with van der Waals surface area (Å²) < 4.78 is 73.3. The third-order valence-corrected chi connectivity index (χ3v) is 13.2. The highest BCUT2D eigenvalue weighted by molar-refractivity contribution is 5.99. The van der Waals surface area contributed by atoms with Crippen molar-refractivity contribution in [2.45, 2.75) is 137 Å². The van der Waals surface area contributed by atoms with Crippen LogP contribution < -0.4 is 29.0 Å². The summed E-state index contributed by atoms with van der Waals surface area (Å²) in [7, 11) is 1.26. The molecule has 18 heteroatoms. The number of aryl methyl sites for hydroxylation is 1. The van der Waals surface area contributed by atoms with E-state index in [0.29, 0.717) is 47.9 Å². The second-order valence-electron chi connectivity index (χ2n) is 21.4. The molecule has 6 rings (SSSR count). The number of Topliss-reactive ketones (excluding diaryl/α,β-unsaturated/α-hetero) is 1. The van der Waals surface area contributed by atoms with Gasteiger partial charge in [0.25, 0.3) is 5.91 Å². The van der Waals surface area contributed by atoms with Gasteiger partial charge in [-0.2, -0.15) is 13.2 Å². The molecule has 1 amide bonds. The van der Waals surface area contributed by atoms with Crippen molar-refractivity contribution in [3.8, 4) is 28.7 Å². The summed E-state index contributed by atoms with van der Waals surface area (Å²) >= 11 is 0. The molecule has 0 aromatic heterocycles. The summed E-state index contributed by atoms with van der Waals surface area (Å²) in [5, 5.41) is 12.5. The largest absolute Gasteiger partial charge is 0.497 e. The quantitative estimate of drug-likeness (QED) is 0.0175. The molecule has 86 heavy (non-hydrogen) atoms. The van der Waals surface area contributed by atoms with Crippen molar-refractivity contribution in [3.05, 3.63) is 184 Å². The normalized spacial score (nSPS) is 11.1. The average Bonchev–Trinajstić information content (AvgIpc) is 3.28. The van der Waals surface area contributed by atoms with Crippen molar-refractivity contribution in [2.24, 2.45) is 0 Å². The number of unbranched alkanes of at least 4 members (excludes halogenated alkanes) is 8. The zero-order chi connectivity index (χ0) is 62.5. The first-order valence-electron chi connectivity index (χ1n) is 29.0. The van der Waals surface area contributed by atoms with E-state index >= 15 is 0 Å². The predicted molar refractivity (Wildman–Crippen MR) is 321 cm³/mol. The van der Waals surface area contributed by atoms with Gasteiger partial charge in [0.2, 0.25) is 0 Å². The van der Waals surface area contributed by atoms with Gasteiger partial charge < -0.3 is 43.7 Å². The lowest BCUT2D eigenvalue weighted by Crippen LogP contribution is -2.35. The van der Waals surface area contributed by atoms with Gasteiger partial charge in [-0.25, -0.2) is 9.59 Å². The molecule has 0 atom stereocenters. The lowest BCUT2D eigenvalue weighted by atomic mass is 9.98. The molecule has 0 fully saturated rings. The number of carbonyl (C=O) groups excluding carboxylic acids is 5. The molecule has 0 heterocycles. The number of carboxylic acid groups (broad SMARTS) is 1. The van der Waals surface area contributed by atoms with E-state index in [0.717, 1.165) is 41.5 Å². The van der Waals surface area contributed by atoms with Gasteiger partial charge in [-0.05, 0) is 154 Å². The van der Waals surface area contributed by atoms with Crippen molar-refractivity contribution >= 4 is 35.6 Å². The topological polar surface area (TPSA) is 193 Å². The minimum Gasteiger partial charge on any atom is -0.497 e. The minimum atomic E-state index is -4.62. The van der Waals surface area contributed by atoms with Crippen LogP contribution in [0.25, 0.3) is 0 Å². The Balaban J connectivity index is 0.000000351. The molecule has 2 N–H and O–H groups in total. The Bertz CT molecular complexity index is 3090. The molecule has 0 bridgehead atoms. The molecule has 6 aromatic rings. The number of amides is 1. The third kappa shape index (κ3) is 24.6. The summed E-state index contributed by atoms with van der Waals surface area (Å²) in [5.41, 5.74) is 1.22. The van der Waals surface area contributed by atoms with Gasteiger partial charge in [0.15, 0.2) is 5.78 Å². The zero-order valence-electron chi connectivity index (χ0n) is 49.9. The molecule has 0 spiro atoms. The molecule has 0 radical (unpaired) electrons. The first-order valence-corrected chi connectivity index (χ1v) is 29.0. The number of hydrogen-bond acceptors (Lipinski definition) is 13. The molecule has 0 aliphatic rings. The van der Waals surface area contributed by atoms with Crippen LogP contribution in [0.1, 0.15) is 169 Å². The Labute approximate surface area is 502 Å². The van der Waals surface area contributed by atoms with E-state index in [1.165, 1.54) is 101 Å². The van der Waals surface area contributed by atoms with Gasteiger partial charge in [0.05, 0.1) is 43.6 Å². The number of nitrogens with zero attached hydrogens (tertiary/aromatic N) is 1. The average molecular weight is 1190 g/mol. The summed E-state index contributed by atoms with van der Waals surface area (Å²) in [6, 6.07) is 36.2. The highest BCUT2D eigenvalue weighted by atomic mass is 19.4. The van der Waals surface area contributed by atoms with Gasteiger partial charge in [0.1, 0.15) is 40.9 Å². The number of ketones is 1. The maximum absolute atomic E-state index is 13.6. The number of carboxylic acids is 1. The van der Waals surface area contributed by atoms with Crippen LogP contribution in [0, 0.1) is 0 Å². The smallest absolute Gasteiger partial charge is 0.416 e. The lowest BCUT2D eigenvalue weighted by Gasteiger charge is -2.21. The van der Waals surface area contributed by atoms with Crippen molar-refractivity contribution in [3.63, 3.8) is 0 Å². The number of methoxy groups -OCH3 is 1. The molecular weight excluding hydrogens is 1110 g/mol. The number of benzene rings is 6. The molecular formula is C68H79F3N2O13. The molecule has 6 aromatic carbocycles. The highest BCUT2D eigenvalue weighted by Crippen LogP contribution is 2.35. The SMILES string of the molecule is CCCCCCCOc1ccc(C(=O)Oc2ccc(CN(CC(=O)O)C(=O)c3ccc(C(=O)CCc4ccc(OC)cc4C(F)(F)F)cc3)cc2)cc1.CCCCCCCOc1ccc(C(=O)Oc2ccc(CNCC(=O)OC(C)(C)C)cc2)cc1. The molecule has 0 saturated heterocycles. The monoisotopic (exact) mass is 1190 g/mol. The second-order valence-corrected chi connectivity index (χ2v) is 21.4. The highest BCUT2D eigenvalue weighted by Gasteiger charge is 2.34. The first kappa shape index (κ1) is 68.3. The second kappa shape index (κ2) is 35.1. The Morgan fingerprint density at radius 3 is 1.47 bits per heavy atom. The number of carbonyl (C=O) groups is 6. The van der Waals surface area contributed by atoms with Crippen LogP contribution in [0.5, 0.6) is 28.7 Å². The van der Waals surface area contributed by atoms with Crippen molar-refractivity contribution in [2.75, 3.05) is 33.4 Å². The standard InChI is InChI=1S/C41H42F3NO8.C27H37NO5/c1-3-4-5-6-7-24-52-33-20-15-32(16-21-33)40(50)53-34-18-8-28(9-19-34)26-45(27-38(47)48)39(49)31-12-10-30(11-13-31)37(46)23-17-29-14-22-35(51-2)25-36(29)41(42,43)44;1-5-6-7-8-9-18-31-23-16-12-22(13-17-23)26(30)32-24-14-10-21(11-15-24)19-28-20-25(29)33-27(2,3)4/h8-16,18-22,25H,3-7,17,23-24,26-27H2,1-2H3,(H,47,48);10-17,28H,5-9,18-20H2,1-4H3. The molecule has 0 aliphatic heterocycles. The van der Waals surface area contributed by atoms with Gasteiger partial charge in [-0.3, -0.25) is 19.2 Å². The van der Waals surface area contributed by atoms with E-state index in [9.17, 15) is 47.0 Å². The molecule has 0 aliphatic carbocycles. The summed E-state index contributed by atoms with van der Waals surface area (Å²) in [5.74, 6) is -1.38. The fraction of sp³-hybridized carbons (Fsp3) is 0.382. The maximum atomic E-state index is 13.6. The Hall–Kier alpha value is -8.51. The number of hydrogen-bond donors (Lipinski definition) is 2. The number of ether oxygens (including phenoxy) is 6.